The molecule has 1 unspecified atom stereocenters. The van der Waals surface area contributed by atoms with Crippen molar-refractivity contribution in [2.45, 2.75) is 32.2 Å². The molecule has 1 aromatic rings. The van der Waals surface area contributed by atoms with E-state index in [1.807, 2.05) is 6.07 Å². The molecule has 0 aliphatic heterocycles. The molecule has 104 valence electrons. The molecule has 0 saturated heterocycles. The number of rotatable bonds is 5. The standard InChI is InChI=1S/C14H17Br2NO2/c1-3-12(8-4-5-8)17-13-10(14(18)19-2)6-9(15)7-11(13)16/h6-8,12,17H,3-5H2,1-2H3. The van der Waals surface area contributed by atoms with Crippen LogP contribution in [0.4, 0.5) is 5.69 Å². The lowest BCUT2D eigenvalue weighted by molar-refractivity contribution is 0.0601. The van der Waals surface area contributed by atoms with Gasteiger partial charge in [0, 0.05) is 15.0 Å². The van der Waals surface area contributed by atoms with E-state index >= 15 is 0 Å². The van der Waals surface area contributed by atoms with Gasteiger partial charge >= 0.3 is 5.97 Å². The summed E-state index contributed by atoms with van der Waals surface area (Å²) in [5.74, 6) is 0.404. The van der Waals surface area contributed by atoms with Crippen molar-refractivity contribution in [3.8, 4) is 0 Å². The summed E-state index contributed by atoms with van der Waals surface area (Å²) in [7, 11) is 1.40. The Morgan fingerprint density at radius 2 is 2.16 bits per heavy atom. The van der Waals surface area contributed by atoms with Crippen LogP contribution in [0.2, 0.25) is 0 Å². The largest absolute Gasteiger partial charge is 0.465 e. The number of carbonyl (C=O) groups excluding carboxylic acids is 1. The van der Waals surface area contributed by atoms with E-state index in [0.29, 0.717) is 11.6 Å². The van der Waals surface area contributed by atoms with E-state index in [4.69, 9.17) is 4.74 Å². The zero-order valence-corrected chi connectivity index (χ0v) is 14.2. The number of esters is 1. The van der Waals surface area contributed by atoms with Crippen LogP contribution in [0.15, 0.2) is 21.1 Å². The summed E-state index contributed by atoms with van der Waals surface area (Å²) in [6.07, 6.45) is 3.59. The van der Waals surface area contributed by atoms with Gasteiger partial charge in [-0.3, -0.25) is 0 Å². The first-order valence-electron chi connectivity index (χ1n) is 6.40. The first-order chi connectivity index (χ1) is 9.06. The quantitative estimate of drug-likeness (QED) is 0.746. The van der Waals surface area contributed by atoms with Crippen LogP contribution < -0.4 is 5.32 Å². The lowest BCUT2D eigenvalue weighted by Gasteiger charge is -2.21. The highest BCUT2D eigenvalue weighted by atomic mass is 79.9. The minimum atomic E-state index is -0.324. The average molecular weight is 391 g/mol. The van der Waals surface area contributed by atoms with Crippen molar-refractivity contribution >= 4 is 43.5 Å². The van der Waals surface area contributed by atoms with E-state index < -0.39 is 0 Å². The number of halogens is 2. The number of nitrogens with one attached hydrogen (secondary N) is 1. The molecule has 1 aromatic carbocycles. The maximum Gasteiger partial charge on any atom is 0.340 e. The van der Waals surface area contributed by atoms with Crippen LogP contribution >= 0.6 is 31.9 Å². The van der Waals surface area contributed by atoms with E-state index in [9.17, 15) is 4.79 Å². The van der Waals surface area contributed by atoms with Crippen LogP contribution in [0, 0.1) is 5.92 Å². The van der Waals surface area contributed by atoms with Gasteiger partial charge in [-0.15, -0.1) is 0 Å². The van der Waals surface area contributed by atoms with Gasteiger partial charge in [-0.2, -0.15) is 0 Å². The molecule has 19 heavy (non-hydrogen) atoms. The van der Waals surface area contributed by atoms with E-state index in [2.05, 4.69) is 44.1 Å². The van der Waals surface area contributed by atoms with Crippen molar-refractivity contribution in [1.82, 2.24) is 0 Å². The molecule has 0 spiro atoms. The molecule has 1 aliphatic rings. The van der Waals surface area contributed by atoms with Gasteiger partial charge in [0.2, 0.25) is 0 Å². The zero-order valence-electron chi connectivity index (χ0n) is 11.0. The lowest BCUT2D eigenvalue weighted by Crippen LogP contribution is -2.22. The van der Waals surface area contributed by atoms with Gasteiger partial charge in [-0.1, -0.05) is 22.9 Å². The Morgan fingerprint density at radius 1 is 1.47 bits per heavy atom. The van der Waals surface area contributed by atoms with Gasteiger partial charge in [0.15, 0.2) is 0 Å². The molecule has 0 amide bonds. The van der Waals surface area contributed by atoms with E-state index in [1.54, 1.807) is 6.07 Å². The molecule has 5 heteroatoms. The second kappa shape index (κ2) is 6.27. The SMILES string of the molecule is CCC(Nc1c(Br)cc(Br)cc1C(=O)OC)C1CC1. The van der Waals surface area contributed by atoms with Gasteiger partial charge < -0.3 is 10.1 Å². The summed E-state index contributed by atoms with van der Waals surface area (Å²) in [5.41, 5.74) is 1.39. The third kappa shape index (κ3) is 3.51. The van der Waals surface area contributed by atoms with Gasteiger partial charge in [0.05, 0.1) is 18.4 Å². The maximum atomic E-state index is 11.9. The van der Waals surface area contributed by atoms with Crippen molar-refractivity contribution < 1.29 is 9.53 Å². The van der Waals surface area contributed by atoms with Gasteiger partial charge in [0.1, 0.15) is 0 Å². The number of methoxy groups -OCH3 is 1. The predicted octanol–water partition coefficient (Wildman–Crippen LogP) is 4.60. The normalized spacial score (nSPS) is 16.0. The first kappa shape index (κ1) is 14.9. The molecule has 1 N–H and O–H groups in total. The van der Waals surface area contributed by atoms with Crippen LogP contribution in [0.25, 0.3) is 0 Å². The minimum Gasteiger partial charge on any atom is -0.465 e. The molecule has 0 aromatic heterocycles. The summed E-state index contributed by atoms with van der Waals surface area (Å²) in [5, 5.41) is 3.50. The highest BCUT2D eigenvalue weighted by Crippen LogP contribution is 2.38. The minimum absolute atomic E-state index is 0.324. The molecular weight excluding hydrogens is 374 g/mol. The Bertz CT molecular complexity index is 487. The van der Waals surface area contributed by atoms with Gasteiger partial charge in [0.25, 0.3) is 0 Å². The second-order valence-corrected chi connectivity index (χ2v) is 6.57. The summed E-state index contributed by atoms with van der Waals surface area (Å²) in [6, 6.07) is 4.15. The molecule has 0 bridgehead atoms. The fraction of sp³-hybridized carbons (Fsp3) is 0.500. The van der Waals surface area contributed by atoms with Crippen LogP contribution in [0.3, 0.4) is 0 Å². The third-order valence-corrected chi connectivity index (χ3v) is 4.50. The highest BCUT2D eigenvalue weighted by molar-refractivity contribution is 9.11. The fourth-order valence-corrected chi connectivity index (χ4v) is 3.57. The summed E-state index contributed by atoms with van der Waals surface area (Å²) in [4.78, 5) is 11.9. The Hall–Kier alpha value is -0.550. The Morgan fingerprint density at radius 3 is 2.68 bits per heavy atom. The number of benzene rings is 1. The van der Waals surface area contributed by atoms with Crippen molar-refractivity contribution in [1.29, 1.82) is 0 Å². The van der Waals surface area contributed by atoms with Crippen LogP contribution in [0.1, 0.15) is 36.5 Å². The summed E-state index contributed by atoms with van der Waals surface area (Å²) < 4.78 is 6.59. The highest BCUT2D eigenvalue weighted by Gasteiger charge is 2.31. The molecule has 0 radical (unpaired) electrons. The predicted molar refractivity (Wildman–Crippen MR) is 83.6 cm³/mol. The van der Waals surface area contributed by atoms with Gasteiger partial charge in [-0.25, -0.2) is 4.79 Å². The van der Waals surface area contributed by atoms with Crippen molar-refractivity contribution in [2.75, 3.05) is 12.4 Å². The maximum absolute atomic E-state index is 11.9. The van der Waals surface area contributed by atoms with Crippen LogP contribution in [-0.4, -0.2) is 19.1 Å². The van der Waals surface area contributed by atoms with E-state index in [0.717, 1.165) is 27.0 Å². The molecule has 1 aliphatic carbocycles. The number of anilines is 1. The summed E-state index contributed by atoms with van der Waals surface area (Å²) in [6.45, 7) is 2.17. The monoisotopic (exact) mass is 389 g/mol. The molecule has 1 saturated carbocycles. The molecule has 2 rings (SSSR count). The van der Waals surface area contributed by atoms with Crippen LogP contribution in [-0.2, 0) is 4.74 Å². The Labute approximate surface area is 130 Å². The van der Waals surface area contributed by atoms with Crippen molar-refractivity contribution in [3.63, 3.8) is 0 Å². The van der Waals surface area contributed by atoms with E-state index in [1.165, 1.54) is 20.0 Å². The molecule has 3 nitrogen and oxygen atoms in total. The zero-order chi connectivity index (χ0) is 14.0. The Kier molecular flexibility index (Phi) is 4.90. The molecule has 1 fully saturated rings. The fourth-order valence-electron chi connectivity index (χ4n) is 2.23. The molecular formula is C14H17Br2NO2. The summed E-state index contributed by atoms with van der Waals surface area (Å²) >= 11 is 6.93. The lowest BCUT2D eigenvalue weighted by atomic mass is 10.1. The smallest absolute Gasteiger partial charge is 0.340 e. The average Bonchev–Trinajstić information content (AvgIpc) is 3.20. The number of hydrogen-bond acceptors (Lipinski definition) is 3. The van der Waals surface area contributed by atoms with Crippen molar-refractivity contribution in [2.24, 2.45) is 5.92 Å². The third-order valence-electron chi connectivity index (χ3n) is 3.42. The van der Waals surface area contributed by atoms with Crippen molar-refractivity contribution in [3.05, 3.63) is 26.6 Å². The topological polar surface area (TPSA) is 38.3 Å². The van der Waals surface area contributed by atoms with Gasteiger partial charge in [-0.05, 0) is 53.2 Å². The Balaban J connectivity index is 2.33. The molecule has 0 heterocycles. The number of ether oxygens (including phenoxy) is 1. The second-order valence-electron chi connectivity index (χ2n) is 4.80. The van der Waals surface area contributed by atoms with E-state index in [-0.39, 0.29) is 5.97 Å². The van der Waals surface area contributed by atoms with Crippen LogP contribution in [0.5, 0.6) is 0 Å². The number of carbonyl (C=O) groups is 1. The first-order valence-corrected chi connectivity index (χ1v) is 7.99. The number of hydrogen-bond donors (Lipinski definition) is 1. The molecule has 1 atom stereocenters.